The van der Waals surface area contributed by atoms with Crippen LogP contribution in [0.4, 0.5) is 11.5 Å². The largest absolute Gasteiger partial charge is 0.455 e. The molecule has 0 spiro atoms. The Morgan fingerprint density at radius 1 is 1.37 bits per heavy atom. The molecule has 15 nitrogen and oxygen atoms in total. The highest BCUT2D eigenvalue weighted by atomic mass is 32.2. The first-order chi connectivity index (χ1) is 18.4. The normalized spacial score (nSPS) is 13.2. The average Bonchev–Trinajstić information content (AvgIpc) is 3.70. The van der Waals surface area contributed by atoms with E-state index in [1.54, 1.807) is 36.9 Å². The number of aryl methyl sites for hydroxylation is 1. The van der Waals surface area contributed by atoms with Gasteiger partial charge in [0.2, 0.25) is 11.6 Å². The summed E-state index contributed by atoms with van der Waals surface area (Å²) in [5.74, 6) is 1.57. The van der Waals surface area contributed by atoms with Gasteiger partial charge in [-0.2, -0.15) is 9.78 Å². The molecule has 3 N–H and O–H groups in total. The molecule has 1 amide bonds. The number of nitro groups is 1. The molecule has 3 aromatic heterocycles. The van der Waals surface area contributed by atoms with Gasteiger partial charge in [0.25, 0.3) is 11.6 Å². The van der Waals surface area contributed by atoms with Crippen molar-refractivity contribution >= 4 is 51.5 Å². The van der Waals surface area contributed by atoms with Crippen LogP contribution in [0.5, 0.6) is 0 Å². The molecular weight excluding hydrogens is 536 g/mol. The first-order valence-corrected chi connectivity index (χ1v) is 12.9. The average molecular weight is 555 g/mol. The second-order valence-electron chi connectivity index (χ2n) is 7.71. The number of nitrogens with one attached hydrogen (secondary N) is 1. The molecule has 0 aliphatic carbocycles. The Hall–Kier alpha value is -4.51. The summed E-state index contributed by atoms with van der Waals surface area (Å²) < 4.78 is 12.6. The first kappa shape index (κ1) is 25.2. The lowest BCUT2D eigenvalue weighted by atomic mass is 10.1. The van der Waals surface area contributed by atoms with E-state index in [1.807, 2.05) is 0 Å². The van der Waals surface area contributed by atoms with Gasteiger partial charge in [0.15, 0.2) is 5.69 Å². The molecule has 0 saturated heterocycles. The number of hydrazone groups is 1. The Morgan fingerprint density at radius 3 is 2.95 bits per heavy atom. The van der Waals surface area contributed by atoms with Crippen LogP contribution >= 0.6 is 23.5 Å². The fourth-order valence-corrected chi connectivity index (χ4v) is 5.46. The van der Waals surface area contributed by atoms with Gasteiger partial charge in [0.05, 0.1) is 23.4 Å². The van der Waals surface area contributed by atoms with E-state index in [1.165, 1.54) is 34.8 Å². The number of anilines is 1. The maximum atomic E-state index is 12.9. The number of amides is 1. The van der Waals surface area contributed by atoms with Gasteiger partial charge in [0, 0.05) is 29.2 Å². The van der Waals surface area contributed by atoms with Crippen LogP contribution in [0, 0.1) is 17.0 Å². The number of nitrogens with zero attached hydrogens (tertiary/aromatic N) is 8. The van der Waals surface area contributed by atoms with Gasteiger partial charge in [-0.3, -0.25) is 19.9 Å². The number of furan rings is 1. The summed E-state index contributed by atoms with van der Waals surface area (Å²) in [6.45, 7) is 2.49. The van der Waals surface area contributed by atoms with Crippen molar-refractivity contribution in [2.24, 2.45) is 10.1 Å². The zero-order chi connectivity index (χ0) is 26.6. The lowest BCUT2D eigenvalue weighted by molar-refractivity contribution is -0.384. The summed E-state index contributed by atoms with van der Waals surface area (Å²) in [4.78, 5) is 27.8. The third kappa shape index (κ3) is 5.28. The molecule has 4 heterocycles. The summed E-state index contributed by atoms with van der Waals surface area (Å²) >= 11 is 3.06. The van der Waals surface area contributed by atoms with Gasteiger partial charge in [-0.15, -0.1) is 5.10 Å². The second-order valence-corrected chi connectivity index (χ2v) is 10.0. The topological polar surface area (TPSA) is 206 Å². The predicted molar refractivity (Wildman–Crippen MR) is 140 cm³/mol. The molecule has 1 aromatic carbocycles. The van der Waals surface area contributed by atoms with E-state index >= 15 is 0 Å². The van der Waals surface area contributed by atoms with E-state index in [4.69, 9.17) is 10.2 Å². The molecule has 0 bridgehead atoms. The maximum absolute atomic E-state index is 12.9. The molecule has 1 aliphatic rings. The number of hydrogen-bond donors (Lipinski definition) is 2. The van der Waals surface area contributed by atoms with Crippen molar-refractivity contribution < 1.29 is 18.8 Å². The van der Waals surface area contributed by atoms with Crippen LogP contribution in [0.2, 0.25) is 0 Å². The van der Waals surface area contributed by atoms with E-state index in [-0.39, 0.29) is 23.0 Å². The van der Waals surface area contributed by atoms with Crippen LogP contribution in [0.25, 0.3) is 17.1 Å². The van der Waals surface area contributed by atoms with E-state index in [0.29, 0.717) is 34.1 Å². The molecule has 4 aromatic rings. The number of aromatic nitrogens is 5. The van der Waals surface area contributed by atoms with Gasteiger partial charge in [0.1, 0.15) is 15.9 Å². The third-order valence-electron chi connectivity index (χ3n) is 5.24. The van der Waals surface area contributed by atoms with Gasteiger partial charge < -0.3 is 10.2 Å². The molecule has 0 atom stereocenters. The summed E-state index contributed by atoms with van der Waals surface area (Å²) in [6.07, 6.45) is 1.32. The lowest BCUT2D eigenvalue weighted by Gasteiger charge is -2.05. The highest BCUT2D eigenvalue weighted by Crippen LogP contribution is 2.29. The number of rotatable bonds is 8. The molecule has 17 heteroatoms. The van der Waals surface area contributed by atoms with Gasteiger partial charge >= 0.3 is 0 Å². The summed E-state index contributed by atoms with van der Waals surface area (Å²) in [5, 5.41) is 30.2. The van der Waals surface area contributed by atoms with Crippen LogP contribution in [-0.2, 0) is 5.75 Å². The number of aliphatic imine (C=N–C) groups is 1. The zero-order valence-corrected chi connectivity index (χ0v) is 21.2. The smallest absolute Gasteiger partial charge is 0.293 e. The number of non-ortho nitro benzene ring substituents is 1. The monoisotopic (exact) mass is 554 g/mol. The molecule has 0 radical (unpaired) electrons. The molecule has 0 unspecified atom stereocenters. The van der Waals surface area contributed by atoms with E-state index in [2.05, 4.69) is 40.8 Å². The first-order valence-electron chi connectivity index (χ1n) is 10.9. The standard InChI is InChI=1S/C21H18N10O5S2/c1-11-8-12(31(33)34)2-4-14(11)16-5-3-13(35-16)9-24-26-20(32)17-15(10-38-21-23-6-7-37-21)30(29-25-17)19-18(22)27-36-28-19/h2-5,8-9H,6-7,10H2,1H3,(H2,22,27)(H,26,32)/b24-9-. The van der Waals surface area contributed by atoms with Crippen LogP contribution in [0.1, 0.15) is 27.5 Å². The number of nitrogen functional groups attached to an aromatic ring is 1. The van der Waals surface area contributed by atoms with Gasteiger partial charge in [-0.05, 0) is 41.0 Å². The molecule has 0 fully saturated rings. The van der Waals surface area contributed by atoms with Crippen molar-refractivity contribution in [3.8, 4) is 17.1 Å². The Bertz CT molecular complexity index is 1570. The fraction of sp³-hybridized carbons (Fsp3) is 0.190. The Labute approximate surface area is 222 Å². The zero-order valence-electron chi connectivity index (χ0n) is 19.6. The Kier molecular flexibility index (Phi) is 7.18. The van der Waals surface area contributed by atoms with E-state index < -0.39 is 10.8 Å². The number of benzene rings is 1. The molecular formula is C21H18N10O5S2. The number of carbonyl (C=O) groups excluding carboxylic acids is 1. The van der Waals surface area contributed by atoms with Crippen molar-refractivity contribution in [1.82, 2.24) is 30.7 Å². The molecule has 5 rings (SSSR count). The minimum absolute atomic E-state index is 0.00408. The summed E-state index contributed by atoms with van der Waals surface area (Å²) in [6, 6.07) is 7.85. The van der Waals surface area contributed by atoms with Crippen molar-refractivity contribution in [3.05, 3.63) is 63.2 Å². The Balaban J connectivity index is 1.31. The number of carbonyl (C=O) groups is 1. The quantitative estimate of drug-likeness (QED) is 0.183. The van der Waals surface area contributed by atoms with Crippen molar-refractivity contribution in [3.63, 3.8) is 0 Å². The van der Waals surface area contributed by atoms with Crippen LogP contribution in [0.3, 0.4) is 0 Å². The summed E-state index contributed by atoms with van der Waals surface area (Å²) in [7, 11) is 0. The molecule has 1 aliphatic heterocycles. The van der Waals surface area contributed by atoms with Crippen LogP contribution in [0.15, 0.2) is 49.5 Å². The maximum Gasteiger partial charge on any atom is 0.293 e. The SMILES string of the molecule is Cc1cc([N+](=O)[O-])ccc1-c1ccc(/C=N\NC(=O)c2nnn(-c3nonc3N)c2CSC2=NCCS2)o1. The minimum atomic E-state index is -0.614. The minimum Gasteiger partial charge on any atom is -0.455 e. The van der Waals surface area contributed by atoms with E-state index in [9.17, 15) is 14.9 Å². The fourth-order valence-electron chi connectivity index (χ4n) is 3.46. The summed E-state index contributed by atoms with van der Waals surface area (Å²) in [5.41, 5.74) is 10.0. The number of nitrogens with two attached hydrogens (primary N) is 1. The Morgan fingerprint density at radius 2 is 2.24 bits per heavy atom. The van der Waals surface area contributed by atoms with Gasteiger partial charge in [-0.1, -0.05) is 28.7 Å². The third-order valence-corrected chi connectivity index (χ3v) is 7.50. The lowest BCUT2D eigenvalue weighted by Crippen LogP contribution is -2.20. The highest BCUT2D eigenvalue weighted by Gasteiger charge is 2.25. The molecule has 0 saturated carbocycles. The van der Waals surface area contributed by atoms with Gasteiger partial charge in [-0.25, -0.2) is 10.1 Å². The molecule has 194 valence electrons. The number of hydrogen-bond acceptors (Lipinski definition) is 14. The van der Waals surface area contributed by atoms with Crippen molar-refractivity contribution in [2.75, 3.05) is 18.0 Å². The van der Waals surface area contributed by atoms with Crippen molar-refractivity contribution in [2.45, 2.75) is 12.7 Å². The van der Waals surface area contributed by atoms with Crippen molar-refractivity contribution in [1.29, 1.82) is 0 Å². The predicted octanol–water partition coefficient (Wildman–Crippen LogP) is 2.81. The number of nitro benzene ring substituents is 1. The van der Waals surface area contributed by atoms with Crippen LogP contribution < -0.4 is 11.2 Å². The highest BCUT2D eigenvalue weighted by molar-refractivity contribution is 8.38. The number of thioether (sulfide) groups is 2. The second kappa shape index (κ2) is 10.9. The van der Waals surface area contributed by atoms with E-state index in [0.717, 1.165) is 16.7 Å². The molecule has 38 heavy (non-hydrogen) atoms. The van der Waals surface area contributed by atoms with Crippen LogP contribution in [-0.4, -0.2) is 59.0 Å².